The molecule has 1 aliphatic rings. The van der Waals surface area contributed by atoms with Crippen LogP contribution in [0.25, 0.3) is 0 Å². The van der Waals surface area contributed by atoms with E-state index >= 15 is 0 Å². The lowest BCUT2D eigenvalue weighted by atomic mass is 10.1. The standard InChI is InChI=1S/C15H10BrFINO2/c16-11-5-9(1-3-12(11)17)7-19-13-6-10(18)2-4-14(13)21-8-15(19)20/h1-6H,7-8H2. The van der Waals surface area contributed by atoms with Crippen molar-refractivity contribution in [3.8, 4) is 5.75 Å². The van der Waals surface area contributed by atoms with Crippen LogP contribution in [0.1, 0.15) is 5.56 Å². The fraction of sp³-hybridized carbons (Fsp3) is 0.133. The van der Waals surface area contributed by atoms with Crippen molar-refractivity contribution in [2.45, 2.75) is 6.54 Å². The molecule has 3 nitrogen and oxygen atoms in total. The van der Waals surface area contributed by atoms with E-state index in [-0.39, 0.29) is 18.3 Å². The predicted molar refractivity (Wildman–Crippen MR) is 89.9 cm³/mol. The topological polar surface area (TPSA) is 29.5 Å². The minimum absolute atomic E-state index is 0.0238. The third-order valence-electron chi connectivity index (χ3n) is 3.19. The minimum Gasteiger partial charge on any atom is -0.482 e. The monoisotopic (exact) mass is 461 g/mol. The van der Waals surface area contributed by atoms with Crippen molar-refractivity contribution in [3.05, 3.63) is 55.8 Å². The van der Waals surface area contributed by atoms with Gasteiger partial charge in [0, 0.05) is 3.57 Å². The number of ether oxygens (including phenoxy) is 1. The van der Waals surface area contributed by atoms with Crippen LogP contribution in [0.2, 0.25) is 0 Å². The molecule has 6 heteroatoms. The van der Waals surface area contributed by atoms with Gasteiger partial charge in [-0.3, -0.25) is 4.79 Å². The Bertz CT molecular complexity index is 723. The first-order valence-corrected chi connectivity index (χ1v) is 8.08. The zero-order chi connectivity index (χ0) is 15.0. The van der Waals surface area contributed by atoms with Crippen molar-refractivity contribution in [3.63, 3.8) is 0 Å². The number of carbonyl (C=O) groups is 1. The SMILES string of the molecule is O=C1COc2ccc(I)cc2N1Cc1ccc(F)c(Br)c1. The molecular formula is C15H10BrFINO2. The number of amides is 1. The van der Waals surface area contributed by atoms with Gasteiger partial charge in [0.15, 0.2) is 6.61 Å². The Morgan fingerprint density at radius 2 is 2.10 bits per heavy atom. The molecule has 2 aromatic carbocycles. The fourth-order valence-electron chi connectivity index (χ4n) is 2.17. The Morgan fingerprint density at radius 3 is 2.86 bits per heavy atom. The van der Waals surface area contributed by atoms with Gasteiger partial charge in [0.25, 0.3) is 5.91 Å². The number of carbonyl (C=O) groups excluding carboxylic acids is 1. The lowest BCUT2D eigenvalue weighted by molar-refractivity contribution is -0.121. The first kappa shape index (κ1) is 14.8. The van der Waals surface area contributed by atoms with Crippen LogP contribution in [0.3, 0.4) is 0 Å². The Morgan fingerprint density at radius 1 is 1.29 bits per heavy atom. The van der Waals surface area contributed by atoms with Crippen molar-refractivity contribution in [1.82, 2.24) is 0 Å². The van der Waals surface area contributed by atoms with Crippen molar-refractivity contribution >= 4 is 50.1 Å². The van der Waals surface area contributed by atoms with Crippen LogP contribution >= 0.6 is 38.5 Å². The van der Waals surface area contributed by atoms with Gasteiger partial charge in [-0.05, 0) is 74.4 Å². The van der Waals surface area contributed by atoms with E-state index in [0.29, 0.717) is 16.8 Å². The van der Waals surface area contributed by atoms with Crippen LogP contribution in [0.4, 0.5) is 10.1 Å². The Labute approximate surface area is 143 Å². The number of hydrogen-bond donors (Lipinski definition) is 0. The summed E-state index contributed by atoms with van der Waals surface area (Å²) in [5, 5.41) is 0. The minimum atomic E-state index is -0.318. The molecule has 0 aliphatic carbocycles. The molecule has 108 valence electrons. The summed E-state index contributed by atoms with van der Waals surface area (Å²) in [4.78, 5) is 13.8. The molecule has 1 amide bonds. The molecule has 0 saturated heterocycles. The Balaban J connectivity index is 1.96. The number of fused-ring (bicyclic) bond motifs is 1. The van der Waals surface area contributed by atoms with E-state index in [0.717, 1.165) is 14.8 Å². The largest absolute Gasteiger partial charge is 0.482 e. The van der Waals surface area contributed by atoms with E-state index in [1.165, 1.54) is 6.07 Å². The van der Waals surface area contributed by atoms with Crippen LogP contribution in [0.15, 0.2) is 40.9 Å². The maximum atomic E-state index is 13.3. The van der Waals surface area contributed by atoms with Crippen LogP contribution in [-0.4, -0.2) is 12.5 Å². The average Bonchev–Trinajstić information content (AvgIpc) is 2.46. The van der Waals surface area contributed by atoms with Crippen LogP contribution < -0.4 is 9.64 Å². The summed E-state index contributed by atoms with van der Waals surface area (Å²) < 4.78 is 20.2. The summed E-state index contributed by atoms with van der Waals surface area (Å²) in [6, 6.07) is 10.5. The quantitative estimate of drug-likeness (QED) is 0.629. The Hall–Kier alpha value is -1.15. The number of rotatable bonds is 2. The second-order valence-corrected chi connectivity index (χ2v) is 6.73. The van der Waals surface area contributed by atoms with E-state index in [1.807, 2.05) is 18.2 Å². The van der Waals surface area contributed by atoms with E-state index < -0.39 is 0 Å². The second kappa shape index (κ2) is 5.92. The number of nitrogens with zero attached hydrogens (tertiary/aromatic N) is 1. The predicted octanol–water partition coefficient (Wildman–Crippen LogP) is 4.12. The smallest absolute Gasteiger partial charge is 0.265 e. The van der Waals surface area contributed by atoms with Gasteiger partial charge in [-0.1, -0.05) is 6.07 Å². The van der Waals surface area contributed by atoms with Crippen LogP contribution in [0, 0.1) is 9.39 Å². The molecule has 0 fully saturated rings. The molecule has 21 heavy (non-hydrogen) atoms. The molecule has 3 rings (SSSR count). The fourth-order valence-corrected chi connectivity index (χ4v) is 3.07. The van der Waals surface area contributed by atoms with Gasteiger partial charge in [-0.2, -0.15) is 0 Å². The van der Waals surface area contributed by atoms with Crippen molar-refractivity contribution in [2.75, 3.05) is 11.5 Å². The lowest BCUT2D eigenvalue weighted by Gasteiger charge is -2.29. The molecule has 0 spiro atoms. The maximum absolute atomic E-state index is 13.3. The van der Waals surface area contributed by atoms with E-state index in [1.54, 1.807) is 17.0 Å². The molecular weight excluding hydrogens is 452 g/mol. The van der Waals surface area contributed by atoms with Gasteiger partial charge >= 0.3 is 0 Å². The number of anilines is 1. The summed E-state index contributed by atoms with van der Waals surface area (Å²) in [5.74, 6) is 0.267. The summed E-state index contributed by atoms with van der Waals surface area (Å²) in [5.41, 5.74) is 1.60. The van der Waals surface area contributed by atoms with Gasteiger partial charge in [0.05, 0.1) is 16.7 Å². The third kappa shape index (κ3) is 3.06. The third-order valence-corrected chi connectivity index (χ3v) is 4.47. The van der Waals surface area contributed by atoms with E-state index in [2.05, 4.69) is 38.5 Å². The van der Waals surface area contributed by atoms with Crippen molar-refractivity contribution in [1.29, 1.82) is 0 Å². The summed E-state index contributed by atoms with van der Waals surface area (Å²) in [7, 11) is 0. The lowest BCUT2D eigenvalue weighted by Crippen LogP contribution is -2.38. The zero-order valence-corrected chi connectivity index (χ0v) is 14.5. The van der Waals surface area contributed by atoms with E-state index in [9.17, 15) is 9.18 Å². The average molecular weight is 462 g/mol. The molecule has 0 radical (unpaired) electrons. The summed E-state index contributed by atoms with van der Waals surface area (Å²) in [6.45, 7) is 0.407. The molecule has 0 atom stereocenters. The molecule has 2 aromatic rings. The molecule has 1 aliphatic heterocycles. The van der Waals surface area contributed by atoms with Gasteiger partial charge in [-0.25, -0.2) is 4.39 Å². The van der Waals surface area contributed by atoms with Gasteiger partial charge < -0.3 is 9.64 Å². The van der Waals surface area contributed by atoms with Crippen molar-refractivity contribution in [2.24, 2.45) is 0 Å². The molecule has 0 unspecified atom stereocenters. The van der Waals surface area contributed by atoms with Crippen molar-refractivity contribution < 1.29 is 13.9 Å². The van der Waals surface area contributed by atoms with Gasteiger partial charge in [0.1, 0.15) is 11.6 Å². The number of benzene rings is 2. The highest BCUT2D eigenvalue weighted by Gasteiger charge is 2.25. The highest BCUT2D eigenvalue weighted by atomic mass is 127. The maximum Gasteiger partial charge on any atom is 0.265 e. The molecule has 0 N–H and O–H groups in total. The molecule has 0 bridgehead atoms. The van der Waals surface area contributed by atoms with E-state index in [4.69, 9.17) is 4.74 Å². The summed E-state index contributed by atoms with van der Waals surface area (Å²) >= 11 is 5.36. The first-order chi connectivity index (χ1) is 10.0. The molecule has 1 heterocycles. The molecule has 0 aromatic heterocycles. The highest BCUT2D eigenvalue weighted by molar-refractivity contribution is 14.1. The molecule has 0 saturated carbocycles. The summed E-state index contributed by atoms with van der Waals surface area (Å²) in [6.07, 6.45) is 0. The Kier molecular flexibility index (Phi) is 4.17. The van der Waals surface area contributed by atoms with Crippen LogP contribution in [-0.2, 0) is 11.3 Å². The van der Waals surface area contributed by atoms with Gasteiger partial charge in [-0.15, -0.1) is 0 Å². The normalized spacial score (nSPS) is 13.9. The van der Waals surface area contributed by atoms with Gasteiger partial charge in [0.2, 0.25) is 0 Å². The number of hydrogen-bond acceptors (Lipinski definition) is 2. The first-order valence-electron chi connectivity index (χ1n) is 6.21. The second-order valence-electron chi connectivity index (χ2n) is 4.63. The van der Waals surface area contributed by atoms with Crippen LogP contribution in [0.5, 0.6) is 5.75 Å². The highest BCUT2D eigenvalue weighted by Crippen LogP contribution is 2.34. The zero-order valence-electron chi connectivity index (χ0n) is 10.8. The number of halogens is 3.